The minimum atomic E-state index is -1.29. The van der Waals surface area contributed by atoms with Crippen molar-refractivity contribution < 1.29 is 37.4 Å². The van der Waals surface area contributed by atoms with Gasteiger partial charge in [0.2, 0.25) is 5.82 Å². The van der Waals surface area contributed by atoms with Gasteiger partial charge in [0.15, 0.2) is 17.3 Å². The number of alkyl carbamates (subject to hydrolysis) is 1. The number of hydrogen-bond donors (Lipinski definition) is 2. The third-order valence-electron chi connectivity index (χ3n) is 4.12. The van der Waals surface area contributed by atoms with Crippen LogP contribution in [0.3, 0.4) is 0 Å². The van der Waals surface area contributed by atoms with Crippen molar-refractivity contribution in [1.82, 2.24) is 5.32 Å². The Hall–Kier alpha value is -3.79. The summed E-state index contributed by atoms with van der Waals surface area (Å²) in [5.74, 6) is -4.59. The molecule has 3 N–H and O–H groups in total. The van der Waals surface area contributed by atoms with Crippen molar-refractivity contribution in [2.45, 2.75) is 12.5 Å². The molecule has 1 saturated heterocycles. The molecule has 0 spiro atoms. The second-order valence-corrected chi connectivity index (χ2v) is 6.21. The number of halogens is 2. The lowest BCUT2D eigenvalue weighted by atomic mass is 10.1. The lowest BCUT2D eigenvalue weighted by molar-refractivity contribution is -0.142. The molecule has 0 aliphatic carbocycles. The van der Waals surface area contributed by atoms with E-state index in [1.807, 2.05) is 5.32 Å². The van der Waals surface area contributed by atoms with Gasteiger partial charge in [0.05, 0.1) is 7.11 Å². The molecule has 0 aromatic heterocycles. The number of methoxy groups -OCH3 is 1. The SMILES string of the molecule is COC(=O)C(N)Cc1ccc(Oc2ccc(/C=C3\OC(=O)NC3=O)c(F)c2F)cc1. The quantitative estimate of drug-likeness (QED) is 0.547. The van der Waals surface area contributed by atoms with E-state index >= 15 is 0 Å². The van der Waals surface area contributed by atoms with Crippen molar-refractivity contribution in [2.75, 3.05) is 7.11 Å². The number of amides is 2. The molecule has 10 heteroatoms. The number of carbonyl (C=O) groups excluding carboxylic acids is 3. The summed E-state index contributed by atoms with van der Waals surface area (Å²) >= 11 is 0. The van der Waals surface area contributed by atoms with E-state index in [1.54, 1.807) is 12.1 Å². The summed E-state index contributed by atoms with van der Waals surface area (Å²) in [6, 6.07) is 7.78. The van der Waals surface area contributed by atoms with Crippen molar-refractivity contribution >= 4 is 24.0 Å². The summed E-state index contributed by atoms with van der Waals surface area (Å²) in [6.07, 6.45) is 0.141. The molecular formula is C20H16F2N2O6. The van der Waals surface area contributed by atoms with Crippen LogP contribution >= 0.6 is 0 Å². The zero-order valence-electron chi connectivity index (χ0n) is 15.6. The smallest absolute Gasteiger partial charge is 0.419 e. The molecule has 1 atom stereocenters. The topological polar surface area (TPSA) is 117 Å². The van der Waals surface area contributed by atoms with Gasteiger partial charge >= 0.3 is 12.1 Å². The second-order valence-electron chi connectivity index (χ2n) is 6.21. The summed E-state index contributed by atoms with van der Waals surface area (Å²) < 4.78 is 43.2. The fraction of sp³-hybridized carbons (Fsp3) is 0.150. The van der Waals surface area contributed by atoms with Gasteiger partial charge in [-0.15, -0.1) is 0 Å². The molecule has 2 aromatic carbocycles. The average molecular weight is 418 g/mol. The molecule has 1 aliphatic rings. The van der Waals surface area contributed by atoms with Gasteiger partial charge in [0.1, 0.15) is 11.8 Å². The van der Waals surface area contributed by atoms with Gasteiger partial charge in [-0.1, -0.05) is 12.1 Å². The molecule has 2 aromatic rings. The van der Waals surface area contributed by atoms with Crippen molar-refractivity contribution in [1.29, 1.82) is 0 Å². The largest absolute Gasteiger partial charge is 0.468 e. The summed E-state index contributed by atoms with van der Waals surface area (Å²) in [4.78, 5) is 33.8. The standard InChI is InChI=1S/C20H16F2N2O6/c1-28-19(26)13(23)8-10-2-5-12(6-3-10)29-14-7-4-11(16(21)17(14)22)9-15-18(25)24-20(27)30-15/h2-7,9,13H,8,23H2,1H3,(H,24,25,27)/b15-9-. The molecule has 30 heavy (non-hydrogen) atoms. The molecule has 2 amide bonds. The lowest BCUT2D eigenvalue weighted by Crippen LogP contribution is -2.33. The number of nitrogens with one attached hydrogen (secondary N) is 1. The monoisotopic (exact) mass is 418 g/mol. The van der Waals surface area contributed by atoms with Crippen LogP contribution in [-0.4, -0.2) is 31.1 Å². The molecule has 156 valence electrons. The van der Waals surface area contributed by atoms with Gasteiger partial charge in [-0.25, -0.2) is 9.18 Å². The molecule has 0 saturated carbocycles. The highest BCUT2D eigenvalue weighted by atomic mass is 19.2. The van der Waals surface area contributed by atoms with E-state index in [1.165, 1.54) is 31.4 Å². The van der Waals surface area contributed by atoms with E-state index in [-0.39, 0.29) is 23.5 Å². The Bertz CT molecular complexity index is 1040. The van der Waals surface area contributed by atoms with Gasteiger partial charge < -0.3 is 19.9 Å². The van der Waals surface area contributed by atoms with Gasteiger partial charge in [0, 0.05) is 5.56 Å². The zero-order valence-corrected chi connectivity index (χ0v) is 15.6. The van der Waals surface area contributed by atoms with Crippen molar-refractivity contribution in [3.05, 3.63) is 64.9 Å². The van der Waals surface area contributed by atoms with Crippen LogP contribution in [0.1, 0.15) is 11.1 Å². The molecule has 1 fully saturated rings. The fourth-order valence-corrected chi connectivity index (χ4v) is 2.61. The molecule has 0 radical (unpaired) electrons. The van der Waals surface area contributed by atoms with Crippen LogP contribution < -0.4 is 15.8 Å². The first-order valence-corrected chi connectivity index (χ1v) is 8.61. The molecule has 1 unspecified atom stereocenters. The van der Waals surface area contributed by atoms with Crippen LogP contribution in [0.2, 0.25) is 0 Å². The number of esters is 1. The Morgan fingerprint density at radius 1 is 1.17 bits per heavy atom. The molecule has 3 rings (SSSR count). The summed E-state index contributed by atoms with van der Waals surface area (Å²) in [5.41, 5.74) is 6.11. The zero-order chi connectivity index (χ0) is 21.8. The number of ether oxygens (including phenoxy) is 3. The summed E-state index contributed by atoms with van der Waals surface area (Å²) in [6.45, 7) is 0. The van der Waals surface area contributed by atoms with Crippen LogP contribution in [0.25, 0.3) is 6.08 Å². The number of imide groups is 1. The number of hydrogen-bond acceptors (Lipinski definition) is 7. The van der Waals surface area contributed by atoms with E-state index in [4.69, 9.17) is 10.5 Å². The molecule has 0 bridgehead atoms. The van der Waals surface area contributed by atoms with Crippen LogP contribution in [0, 0.1) is 11.6 Å². The van der Waals surface area contributed by atoms with E-state index in [9.17, 15) is 23.2 Å². The second kappa shape index (κ2) is 8.70. The van der Waals surface area contributed by atoms with E-state index in [0.29, 0.717) is 0 Å². The maximum atomic E-state index is 14.4. The summed E-state index contributed by atoms with van der Waals surface area (Å²) in [7, 11) is 1.24. The number of benzene rings is 2. The van der Waals surface area contributed by atoms with Crippen molar-refractivity contribution in [3.63, 3.8) is 0 Å². The number of carbonyl (C=O) groups is 3. The Labute approximate surface area is 169 Å². The van der Waals surface area contributed by atoms with Crippen LogP contribution in [0.4, 0.5) is 13.6 Å². The van der Waals surface area contributed by atoms with Crippen LogP contribution in [0.5, 0.6) is 11.5 Å². The first-order valence-electron chi connectivity index (χ1n) is 8.61. The van der Waals surface area contributed by atoms with E-state index in [0.717, 1.165) is 11.6 Å². The average Bonchev–Trinajstić information content (AvgIpc) is 3.05. The first-order chi connectivity index (χ1) is 14.3. The van der Waals surface area contributed by atoms with Gasteiger partial charge in [-0.3, -0.25) is 14.9 Å². The minimum Gasteiger partial charge on any atom is -0.468 e. The predicted octanol–water partition coefficient (Wildman–Crippen LogP) is 2.41. The highest BCUT2D eigenvalue weighted by Crippen LogP contribution is 2.29. The van der Waals surface area contributed by atoms with E-state index < -0.39 is 41.4 Å². The van der Waals surface area contributed by atoms with E-state index in [2.05, 4.69) is 9.47 Å². The minimum absolute atomic E-state index is 0.221. The molecule has 1 aliphatic heterocycles. The fourth-order valence-electron chi connectivity index (χ4n) is 2.61. The number of nitrogens with two attached hydrogens (primary N) is 1. The van der Waals surface area contributed by atoms with Crippen LogP contribution in [-0.2, 0) is 25.5 Å². The van der Waals surface area contributed by atoms with Crippen molar-refractivity contribution in [2.24, 2.45) is 5.73 Å². The number of cyclic esters (lactones) is 1. The Kier molecular flexibility index (Phi) is 6.07. The normalized spacial score (nSPS) is 15.5. The molecule has 1 heterocycles. The van der Waals surface area contributed by atoms with Crippen molar-refractivity contribution in [3.8, 4) is 11.5 Å². The third kappa shape index (κ3) is 4.61. The Morgan fingerprint density at radius 2 is 1.87 bits per heavy atom. The highest BCUT2D eigenvalue weighted by molar-refractivity contribution is 6.09. The Morgan fingerprint density at radius 3 is 2.47 bits per heavy atom. The third-order valence-corrected chi connectivity index (χ3v) is 4.12. The lowest BCUT2D eigenvalue weighted by Gasteiger charge is -2.11. The van der Waals surface area contributed by atoms with Crippen LogP contribution in [0.15, 0.2) is 42.2 Å². The molecule has 8 nitrogen and oxygen atoms in total. The number of rotatable bonds is 6. The summed E-state index contributed by atoms with van der Waals surface area (Å²) in [5, 5.41) is 1.85. The van der Waals surface area contributed by atoms with Gasteiger partial charge in [-0.2, -0.15) is 4.39 Å². The maximum Gasteiger partial charge on any atom is 0.419 e. The maximum absolute atomic E-state index is 14.4. The Balaban J connectivity index is 1.74. The molecular weight excluding hydrogens is 402 g/mol. The first kappa shape index (κ1) is 20.9. The van der Waals surface area contributed by atoms with Gasteiger partial charge in [-0.05, 0) is 42.3 Å². The van der Waals surface area contributed by atoms with Gasteiger partial charge in [0.25, 0.3) is 5.91 Å². The predicted molar refractivity (Wildman–Crippen MR) is 99.2 cm³/mol. The highest BCUT2D eigenvalue weighted by Gasteiger charge is 2.27.